The molecule has 0 aliphatic carbocycles. The number of fused-ring (bicyclic) bond motifs is 1. The van der Waals surface area contributed by atoms with Crippen LogP contribution in [0.25, 0.3) is 17.2 Å². The predicted octanol–water partition coefficient (Wildman–Crippen LogP) is 1.51. The number of aryl methyl sites for hydroxylation is 1. The number of rotatable bonds is 4. The van der Waals surface area contributed by atoms with Crippen molar-refractivity contribution in [3.05, 3.63) is 35.5 Å². The Balaban J connectivity index is 1.88. The SMILES string of the molecule is CC(=O)Cc1cc2nc(C3CNC3)nn2c(-c2ccc(C)o2)n1. The zero-order valence-electron chi connectivity index (χ0n) is 13.0. The minimum Gasteiger partial charge on any atom is -0.458 e. The molecule has 4 heterocycles. The van der Waals surface area contributed by atoms with Gasteiger partial charge in [-0.15, -0.1) is 5.10 Å². The average molecular weight is 311 g/mol. The summed E-state index contributed by atoms with van der Waals surface area (Å²) in [5.41, 5.74) is 1.38. The average Bonchev–Trinajstić information content (AvgIpc) is 3.01. The fraction of sp³-hybridized carbons (Fsp3) is 0.375. The van der Waals surface area contributed by atoms with E-state index < -0.39 is 0 Å². The Hall–Kier alpha value is -2.54. The third-order valence-electron chi connectivity index (χ3n) is 3.93. The van der Waals surface area contributed by atoms with Crippen molar-refractivity contribution in [1.29, 1.82) is 0 Å². The number of carbonyl (C=O) groups excluding carboxylic acids is 1. The molecule has 1 aliphatic heterocycles. The van der Waals surface area contributed by atoms with Gasteiger partial charge in [-0.2, -0.15) is 4.52 Å². The van der Waals surface area contributed by atoms with Crippen LogP contribution >= 0.6 is 0 Å². The highest BCUT2D eigenvalue weighted by Gasteiger charge is 2.25. The number of hydrogen-bond donors (Lipinski definition) is 1. The van der Waals surface area contributed by atoms with Crippen LogP contribution in [0.15, 0.2) is 22.6 Å². The number of aromatic nitrogens is 4. The normalized spacial score (nSPS) is 15.0. The second-order valence-electron chi connectivity index (χ2n) is 5.96. The molecule has 118 valence electrons. The maximum absolute atomic E-state index is 11.5. The molecule has 0 aromatic carbocycles. The van der Waals surface area contributed by atoms with Gasteiger partial charge in [0.05, 0.1) is 5.69 Å². The van der Waals surface area contributed by atoms with E-state index in [1.54, 1.807) is 11.4 Å². The Bertz CT molecular complexity index is 891. The molecule has 4 rings (SSSR count). The molecule has 7 heteroatoms. The first-order valence-corrected chi connectivity index (χ1v) is 7.64. The van der Waals surface area contributed by atoms with Gasteiger partial charge in [0.25, 0.3) is 0 Å². The van der Waals surface area contributed by atoms with Crippen LogP contribution in [0.4, 0.5) is 0 Å². The number of nitrogens with zero attached hydrogens (tertiary/aromatic N) is 4. The topological polar surface area (TPSA) is 85.3 Å². The second-order valence-corrected chi connectivity index (χ2v) is 5.96. The van der Waals surface area contributed by atoms with Gasteiger partial charge in [0, 0.05) is 31.5 Å². The van der Waals surface area contributed by atoms with Gasteiger partial charge in [-0.1, -0.05) is 0 Å². The molecule has 0 unspecified atom stereocenters. The van der Waals surface area contributed by atoms with E-state index in [4.69, 9.17) is 4.42 Å². The van der Waals surface area contributed by atoms with Gasteiger partial charge in [0.15, 0.2) is 23.1 Å². The van der Waals surface area contributed by atoms with Crippen molar-refractivity contribution < 1.29 is 9.21 Å². The molecule has 0 saturated carbocycles. The van der Waals surface area contributed by atoms with Gasteiger partial charge < -0.3 is 9.73 Å². The van der Waals surface area contributed by atoms with Gasteiger partial charge in [-0.05, 0) is 26.0 Å². The molecule has 1 N–H and O–H groups in total. The molecule has 0 atom stereocenters. The van der Waals surface area contributed by atoms with E-state index in [2.05, 4.69) is 20.4 Å². The van der Waals surface area contributed by atoms with Crippen LogP contribution in [-0.2, 0) is 11.2 Å². The van der Waals surface area contributed by atoms with E-state index in [1.807, 2.05) is 25.1 Å². The smallest absolute Gasteiger partial charge is 0.199 e. The van der Waals surface area contributed by atoms with Gasteiger partial charge in [-0.3, -0.25) is 4.79 Å². The van der Waals surface area contributed by atoms with Crippen molar-refractivity contribution in [2.45, 2.75) is 26.2 Å². The molecular weight excluding hydrogens is 294 g/mol. The van der Waals surface area contributed by atoms with Gasteiger partial charge >= 0.3 is 0 Å². The van der Waals surface area contributed by atoms with E-state index in [1.165, 1.54) is 0 Å². The van der Waals surface area contributed by atoms with Gasteiger partial charge in [0.1, 0.15) is 11.5 Å². The molecule has 0 spiro atoms. The molecule has 3 aromatic heterocycles. The summed E-state index contributed by atoms with van der Waals surface area (Å²) in [6, 6.07) is 5.57. The Labute approximate surface area is 132 Å². The van der Waals surface area contributed by atoms with Crippen molar-refractivity contribution in [2.24, 2.45) is 0 Å². The number of hydrogen-bond acceptors (Lipinski definition) is 6. The lowest BCUT2D eigenvalue weighted by atomic mass is 10.0. The first-order chi connectivity index (χ1) is 11.1. The molecule has 3 aromatic rings. The summed E-state index contributed by atoms with van der Waals surface area (Å²) >= 11 is 0. The summed E-state index contributed by atoms with van der Waals surface area (Å²) in [5, 5.41) is 7.82. The quantitative estimate of drug-likeness (QED) is 0.786. The fourth-order valence-electron chi connectivity index (χ4n) is 2.66. The molecule has 1 saturated heterocycles. The lowest BCUT2D eigenvalue weighted by Gasteiger charge is -2.23. The molecular formula is C16H17N5O2. The van der Waals surface area contributed by atoms with Gasteiger partial charge in [-0.25, -0.2) is 9.97 Å². The Kier molecular flexibility index (Phi) is 3.23. The highest BCUT2D eigenvalue weighted by atomic mass is 16.3. The van der Waals surface area contributed by atoms with E-state index in [9.17, 15) is 4.79 Å². The first-order valence-electron chi connectivity index (χ1n) is 7.64. The predicted molar refractivity (Wildman–Crippen MR) is 83.2 cm³/mol. The summed E-state index contributed by atoms with van der Waals surface area (Å²) < 4.78 is 7.40. The number of carbonyl (C=O) groups is 1. The molecule has 7 nitrogen and oxygen atoms in total. The van der Waals surface area contributed by atoms with Crippen LogP contribution in [0.5, 0.6) is 0 Å². The minimum atomic E-state index is 0.0614. The zero-order valence-corrected chi connectivity index (χ0v) is 13.0. The van der Waals surface area contributed by atoms with Crippen LogP contribution in [0.1, 0.15) is 30.1 Å². The summed E-state index contributed by atoms with van der Waals surface area (Å²) in [4.78, 5) is 20.6. The highest BCUT2D eigenvalue weighted by molar-refractivity contribution is 5.78. The monoisotopic (exact) mass is 311 g/mol. The molecule has 0 amide bonds. The van der Waals surface area contributed by atoms with Gasteiger partial charge in [0.2, 0.25) is 0 Å². The van der Waals surface area contributed by atoms with E-state index in [0.29, 0.717) is 28.8 Å². The van der Waals surface area contributed by atoms with Crippen molar-refractivity contribution >= 4 is 11.4 Å². The van der Waals surface area contributed by atoms with Crippen molar-refractivity contribution in [2.75, 3.05) is 13.1 Å². The molecule has 23 heavy (non-hydrogen) atoms. The number of ketones is 1. The number of furan rings is 1. The first kappa shape index (κ1) is 14.1. The largest absolute Gasteiger partial charge is 0.458 e. The number of Topliss-reactive ketones (excluding diaryl/α,β-unsaturated/α-hetero) is 1. The standard InChI is InChI=1S/C16H17N5O2/c1-9(22)5-12-6-14-19-15(11-7-17-8-11)20-21(14)16(18-12)13-4-3-10(2)23-13/h3-4,6,11,17H,5,7-8H2,1-2H3. The van der Waals surface area contributed by atoms with Crippen LogP contribution < -0.4 is 5.32 Å². The molecule has 0 bridgehead atoms. The van der Waals surface area contributed by atoms with Crippen LogP contribution in [0, 0.1) is 6.92 Å². The summed E-state index contributed by atoms with van der Waals surface area (Å²) in [6.07, 6.45) is 0.274. The highest BCUT2D eigenvalue weighted by Crippen LogP contribution is 2.24. The summed E-state index contributed by atoms with van der Waals surface area (Å²) in [6.45, 7) is 5.21. The van der Waals surface area contributed by atoms with Crippen molar-refractivity contribution in [3.63, 3.8) is 0 Å². The zero-order chi connectivity index (χ0) is 16.0. The van der Waals surface area contributed by atoms with Crippen LogP contribution in [0.3, 0.4) is 0 Å². The summed E-state index contributed by atoms with van der Waals surface area (Å²) in [5.74, 6) is 3.20. The maximum atomic E-state index is 11.5. The lowest BCUT2D eigenvalue weighted by Crippen LogP contribution is -2.40. The van der Waals surface area contributed by atoms with Crippen LogP contribution in [-0.4, -0.2) is 38.5 Å². The minimum absolute atomic E-state index is 0.0614. The lowest BCUT2D eigenvalue weighted by molar-refractivity contribution is -0.116. The third kappa shape index (κ3) is 2.53. The third-order valence-corrected chi connectivity index (χ3v) is 3.93. The summed E-state index contributed by atoms with van der Waals surface area (Å²) in [7, 11) is 0. The van der Waals surface area contributed by atoms with E-state index >= 15 is 0 Å². The Morgan fingerprint density at radius 2 is 2.22 bits per heavy atom. The Morgan fingerprint density at radius 3 is 2.83 bits per heavy atom. The molecule has 1 aliphatic rings. The molecule has 1 fully saturated rings. The van der Waals surface area contributed by atoms with Crippen LogP contribution in [0.2, 0.25) is 0 Å². The maximum Gasteiger partial charge on any atom is 0.199 e. The van der Waals surface area contributed by atoms with E-state index in [-0.39, 0.29) is 12.2 Å². The van der Waals surface area contributed by atoms with Crippen molar-refractivity contribution in [3.8, 4) is 11.6 Å². The van der Waals surface area contributed by atoms with E-state index in [0.717, 1.165) is 24.7 Å². The molecule has 0 radical (unpaired) electrons. The second kappa shape index (κ2) is 5.27. The Morgan fingerprint density at radius 1 is 1.39 bits per heavy atom. The number of nitrogens with one attached hydrogen (secondary N) is 1. The van der Waals surface area contributed by atoms with Crippen molar-refractivity contribution in [1.82, 2.24) is 24.9 Å². The fourth-order valence-corrected chi connectivity index (χ4v) is 2.66.